The summed E-state index contributed by atoms with van der Waals surface area (Å²) in [5.74, 6) is -1.11. The third kappa shape index (κ3) is 5.93. The van der Waals surface area contributed by atoms with E-state index in [2.05, 4.69) is 20.2 Å². The predicted molar refractivity (Wildman–Crippen MR) is 123 cm³/mol. The lowest BCUT2D eigenvalue weighted by Gasteiger charge is -2.33. The molecule has 34 heavy (non-hydrogen) atoms. The minimum atomic E-state index is -1.01. The Morgan fingerprint density at radius 1 is 0.882 bits per heavy atom. The number of carboxylic acids is 1. The number of nitrogens with zero attached hydrogens (tertiary/aromatic N) is 4. The molecule has 2 N–H and O–H groups in total. The lowest BCUT2D eigenvalue weighted by atomic mass is 10.2. The number of nitrogens with one attached hydrogen (secondary N) is 1. The topological polar surface area (TPSA) is 125 Å². The number of carbonyl (C=O) groups is 3. The third-order valence-electron chi connectivity index (χ3n) is 5.31. The number of pyridine rings is 2. The van der Waals surface area contributed by atoms with Crippen LogP contribution in [0.15, 0.2) is 67.0 Å². The van der Waals surface area contributed by atoms with Crippen molar-refractivity contribution in [3.8, 4) is 5.88 Å². The summed E-state index contributed by atoms with van der Waals surface area (Å²) in [6.07, 6.45) is 2.29. The SMILES string of the molecule is O=C(O)c1ccc(CN2CCN(C(=O)Oc3ccc(NC(=O)c4ccccc4)cn3)CC2)nc1. The molecule has 3 heterocycles. The molecule has 1 aromatic carbocycles. The Labute approximate surface area is 195 Å². The zero-order chi connectivity index (χ0) is 23.9. The molecule has 1 fully saturated rings. The van der Waals surface area contributed by atoms with Crippen molar-refractivity contribution in [3.05, 3.63) is 83.8 Å². The number of rotatable bonds is 6. The average molecular weight is 461 g/mol. The number of piperazine rings is 1. The zero-order valence-corrected chi connectivity index (χ0v) is 18.3. The van der Waals surface area contributed by atoms with Gasteiger partial charge in [0.2, 0.25) is 5.88 Å². The van der Waals surface area contributed by atoms with Crippen molar-refractivity contribution in [3.63, 3.8) is 0 Å². The Morgan fingerprint density at radius 3 is 2.26 bits per heavy atom. The van der Waals surface area contributed by atoms with Crippen molar-refractivity contribution in [2.75, 3.05) is 31.5 Å². The average Bonchev–Trinajstić information content (AvgIpc) is 2.86. The van der Waals surface area contributed by atoms with E-state index in [0.29, 0.717) is 44.0 Å². The van der Waals surface area contributed by atoms with Crippen LogP contribution >= 0.6 is 0 Å². The first kappa shape index (κ1) is 22.9. The molecule has 1 aliphatic heterocycles. The minimum absolute atomic E-state index is 0.146. The molecule has 0 unspecified atom stereocenters. The van der Waals surface area contributed by atoms with Gasteiger partial charge in [0.15, 0.2) is 0 Å². The van der Waals surface area contributed by atoms with E-state index in [1.54, 1.807) is 41.3 Å². The van der Waals surface area contributed by atoms with Gasteiger partial charge in [-0.3, -0.25) is 14.7 Å². The van der Waals surface area contributed by atoms with Crippen molar-refractivity contribution in [2.24, 2.45) is 0 Å². The molecule has 3 aromatic rings. The van der Waals surface area contributed by atoms with E-state index in [9.17, 15) is 14.4 Å². The number of carbonyl (C=O) groups excluding carboxylic acids is 2. The molecule has 0 radical (unpaired) electrons. The van der Waals surface area contributed by atoms with Crippen LogP contribution in [0.1, 0.15) is 26.4 Å². The molecule has 0 bridgehead atoms. The van der Waals surface area contributed by atoms with Crippen molar-refractivity contribution >= 4 is 23.7 Å². The van der Waals surface area contributed by atoms with Crippen LogP contribution in [0.4, 0.5) is 10.5 Å². The van der Waals surface area contributed by atoms with Gasteiger partial charge in [-0.15, -0.1) is 0 Å². The molecule has 10 nitrogen and oxygen atoms in total. The Balaban J connectivity index is 1.23. The molecule has 1 aliphatic rings. The Hall–Kier alpha value is -4.31. The van der Waals surface area contributed by atoms with Crippen LogP contribution < -0.4 is 10.1 Å². The number of hydrogen-bond acceptors (Lipinski definition) is 7. The largest absolute Gasteiger partial charge is 0.478 e. The van der Waals surface area contributed by atoms with Gasteiger partial charge in [0, 0.05) is 50.6 Å². The molecule has 2 aromatic heterocycles. The molecular weight excluding hydrogens is 438 g/mol. The summed E-state index contributed by atoms with van der Waals surface area (Å²) in [6.45, 7) is 2.81. The van der Waals surface area contributed by atoms with Gasteiger partial charge < -0.3 is 20.1 Å². The van der Waals surface area contributed by atoms with Crippen LogP contribution in [0, 0.1) is 0 Å². The van der Waals surface area contributed by atoms with Crippen LogP contribution in [0.5, 0.6) is 5.88 Å². The molecule has 174 valence electrons. The highest BCUT2D eigenvalue weighted by atomic mass is 16.6. The monoisotopic (exact) mass is 461 g/mol. The number of amides is 2. The third-order valence-corrected chi connectivity index (χ3v) is 5.31. The summed E-state index contributed by atoms with van der Waals surface area (Å²) in [5.41, 5.74) is 1.94. The van der Waals surface area contributed by atoms with Gasteiger partial charge in [0.05, 0.1) is 23.1 Å². The van der Waals surface area contributed by atoms with Gasteiger partial charge in [-0.2, -0.15) is 0 Å². The number of aromatic nitrogens is 2. The molecule has 2 amide bonds. The van der Waals surface area contributed by atoms with Crippen LogP contribution in [-0.4, -0.2) is 69.0 Å². The molecule has 4 rings (SSSR count). The number of carboxylic acid groups (broad SMARTS) is 1. The quantitative estimate of drug-likeness (QED) is 0.574. The van der Waals surface area contributed by atoms with E-state index in [1.165, 1.54) is 24.5 Å². The van der Waals surface area contributed by atoms with Gasteiger partial charge >= 0.3 is 12.1 Å². The highest BCUT2D eigenvalue weighted by molar-refractivity contribution is 6.04. The molecule has 1 saturated heterocycles. The van der Waals surface area contributed by atoms with Gasteiger partial charge in [-0.1, -0.05) is 18.2 Å². The fraction of sp³-hybridized carbons (Fsp3) is 0.208. The number of anilines is 1. The van der Waals surface area contributed by atoms with Crippen LogP contribution in [0.25, 0.3) is 0 Å². The fourth-order valence-corrected chi connectivity index (χ4v) is 3.42. The van der Waals surface area contributed by atoms with Gasteiger partial charge in [0.25, 0.3) is 5.91 Å². The number of ether oxygens (including phenoxy) is 1. The van der Waals surface area contributed by atoms with Gasteiger partial charge in [-0.05, 0) is 30.3 Å². The van der Waals surface area contributed by atoms with E-state index in [4.69, 9.17) is 9.84 Å². The highest BCUT2D eigenvalue weighted by Gasteiger charge is 2.23. The van der Waals surface area contributed by atoms with E-state index in [0.717, 1.165) is 5.69 Å². The van der Waals surface area contributed by atoms with Crippen molar-refractivity contribution in [2.45, 2.75) is 6.54 Å². The second-order valence-corrected chi connectivity index (χ2v) is 7.68. The predicted octanol–water partition coefficient (Wildman–Crippen LogP) is 2.74. The minimum Gasteiger partial charge on any atom is -0.478 e. The second-order valence-electron chi connectivity index (χ2n) is 7.68. The van der Waals surface area contributed by atoms with Crippen molar-refractivity contribution < 1.29 is 24.2 Å². The molecule has 0 atom stereocenters. The first-order chi connectivity index (χ1) is 16.5. The van der Waals surface area contributed by atoms with E-state index in [-0.39, 0.29) is 17.4 Å². The van der Waals surface area contributed by atoms with Crippen LogP contribution in [-0.2, 0) is 6.54 Å². The zero-order valence-electron chi connectivity index (χ0n) is 18.3. The van der Waals surface area contributed by atoms with Crippen molar-refractivity contribution in [1.82, 2.24) is 19.8 Å². The summed E-state index contributed by atoms with van der Waals surface area (Å²) in [4.78, 5) is 47.6. The number of benzene rings is 1. The summed E-state index contributed by atoms with van der Waals surface area (Å²) in [6, 6.07) is 15.2. The number of aromatic carboxylic acids is 1. The molecular formula is C24H23N5O5. The Morgan fingerprint density at radius 2 is 1.65 bits per heavy atom. The smallest absolute Gasteiger partial charge is 0.416 e. The molecule has 0 aliphatic carbocycles. The lowest BCUT2D eigenvalue weighted by Crippen LogP contribution is -2.49. The summed E-state index contributed by atoms with van der Waals surface area (Å²) in [5, 5.41) is 11.7. The maximum atomic E-state index is 12.5. The van der Waals surface area contributed by atoms with E-state index < -0.39 is 12.1 Å². The Bertz CT molecular complexity index is 1140. The normalized spacial score (nSPS) is 13.8. The fourth-order valence-electron chi connectivity index (χ4n) is 3.42. The second kappa shape index (κ2) is 10.5. The molecule has 0 spiro atoms. The summed E-state index contributed by atoms with van der Waals surface area (Å²) < 4.78 is 5.36. The van der Waals surface area contributed by atoms with Gasteiger partial charge in [0.1, 0.15) is 0 Å². The standard InChI is InChI=1S/C24H23N5O5/c30-22(17-4-2-1-3-5-17)27-19-8-9-21(26-15-19)34-24(33)29-12-10-28(11-13-29)16-20-7-6-18(14-25-20)23(31)32/h1-9,14-15H,10-13,16H2,(H,27,30)(H,31,32). The maximum absolute atomic E-state index is 12.5. The molecule has 10 heteroatoms. The summed E-state index contributed by atoms with van der Waals surface area (Å²) in [7, 11) is 0. The molecule has 0 saturated carbocycles. The van der Waals surface area contributed by atoms with Crippen molar-refractivity contribution in [1.29, 1.82) is 0 Å². The lowest BCUT2D eigenvalue weighted by molar-refractivity contribution is 0.0696. The first-order valence-electron chi connectivity index (χ1n) is 10.7. The summed E-state index contributed by atoms with van der Waals surface area (Å²) >= 11 is 0. The van der Waals surface area contributed by atoms with Gasteiger partial charge in [-0.25, -0.2) is 14.6 Å². The maximum Gasteiger partial charge on any atom is 0.416 e. The van der Waals surface area contributed by atoms with E-state index in [1.807, 2.05) is 6.07 Å². The van der Waals surface area contributed by atoms with Crippen LogP contribution in [0.3, 0.4) is 0 Å². The van der Waals surface area contributed by atoms with E-state index >= 15 is 0 Å². The Kier molecular flexibility index (Phi) is 7.09. The highest BCUT2D eigenvalue weighted by Crippen LogP contribution is 2.15. The van der Waals surface area contributed by atoms with Crippen LogP contribution in [0.2, 0.25) is 0 Å². The number of hydrogen-bond donors (Lipinski definition) is 2. The first-order valence-corrected chi connectivity index (χ1v) is 10.7.